The number of alkyl carbamates (subject to hydrolysis) is 1. The van der Waals surface area contributed by atoms with Crippen LogP contribution < -0.4 is 10.1 Å². The van der Waals surface area contributed by atoms with E-state index in [0.717, 1.165) is 27.6 Å². The summed E-state index contributed by atoms with van der Waals surface area (Å²) < 4.78 is 11.2. The summed E-state index contributed by atoms with van der Waals surface area (Å²) in [5.74, 6) is 0.247. The Kier molecular flexibility index (Phi) is 13.4. The summed E-state index contributed by atoms with van der Waals surface area (Å²) in [6, 6.07) is 21.1. The molecule has 0 fully saturated rings. The highest BCUT2D eigenvalue weighted by atomic mass is 16.6. The molecule has 3 rings (SSSR count). The molecule has 0 aliphatic rings. The molecule has 3 amide bonds. The summed E-state index contributed by atoms with van der Waals surface area (Å²) >= 11 is 0. The first kappa shape index (κ1) is 37.1. The zero-order valence-electron chi connectivity index (χ0n) is 28.9. The van der Waals surface area contributed by atoms with Crippen LogP contribution in [-0.4, -0.2) is 83.8 Å². The molecule has 0 spiro atoms. The highest BCUT2D eigenvalue weighted by molar-refractivity contribution is 5.93. The van der Waals surface area contributed by atoms with Gasteiger partial charge in [0.1, 0.15) is 17.4 Å². The van der Waals surface area contributed by atoms with Gasteiger partial charge in [0.05, 0.1) is 6.61 Å². The van der Waals surface area contributed by atoms with Gasteiger partial charge in [0, 0.05) is 45.6 Å². The second-order valence-electron chi connectivity index (χ2n) is 13.5. The lowest BCUT2D eigenvalue weighted by Gasteiger charge is -2.31. The van der Waals surface area contributed by atoms with Crippen molar-refractivity contribution in [1.82, 2.24) is 15.1 Å². The van der Waals surface area contributed by atoms with Gasteiger partial charge in [-0.25, -0.2) is 4.79 Å². The van der Waals surface area contributed by atoms with Crippen molar-refractivity contribution in [2.24, 2.45) is 0 Å². The summed E-state index contributed by atoms with van der Waals surface area (Å²) in [5.41, 5.74) is 0.637. The molecule has 2 N–H and O–H groups in total. The van der Waals surface area contributed by atoms with Gasteiger partial charge in [0.15, 0.2) is 0 Å². The first-order valence-corrected chi connectivity index (χ1v) is 16.2. The average Bonchev–Trinajstić information content (AvgIpc) is 3.01. The largest absolute Gasteiger partial charge is 0.493 e. The van der Waals surface area contributed by atoms with E-state index in [-0.39, 0.29) is 18.4 Å². The molecule has 0 aliphatic heterocycles. The number of nitrogens with one attached hydrogen (secondary N) is 1. The number of nitrogens with zero attached hydrogens (tertiary/aromatic N) is 2. The van der Waals surface area contributed by atoms with Crippen molar-refractivity contribution in [3.05, 3.63) is 90.0 Å². The fraction of sp³-hybridized carbons (Fsp3) is 0.447. The Labute approximate surface area is 279 Å². The molecule has 0 bridgehead atoms. The SMILES string of the molecule is CN(CCc1ccccc1OCCCO)C(=O)[C@@H](Cc1ccc2ccccc2c1)N(C)C(=O)/C=C/CC(C)(C)NC(=O)OC(C)(C)C. The number of para-hydroxylation sites is 1. The van der Waals surface area contributed by atoms with Gasteiger partial charge in [-0.1, -0.05) is 66.7 Å². The Balaban J connectivity index is 1.76. The second kappa shape index (κ2) is 17.0. The third-order valence-corrected chi connectivity index (χ3v) is 7.70. The Bertz CT molecular complexity index is 1530. The number of ether oxygens (including phenoxy) is 2. The van der Waals surface area contributed by atoms with Crippen LogP contribution in [0, 0.1) is 0 Å². The zero-order valence-corrected chi connectivity index (χ0v) is 28.9. The normalized spacial score (nSPS) is 12.5. The minimum atomic E-state index is -0.748. The summed E-state index contributed by atoms with van der Waals surface area (Å²) in [6.45, 7) is 10.00. The second-order valence-corrected chi connectivity index (χ2v) is 13.5. The van der Waals surface area contributed by atoms with Gasteiger partial charge in [-0.05, 0) is 81.5 Å². The number of benzene rings is 3. The fourth-order valence-corrected chi connectivity index (χ4v) is 5.09. The maximum atomic E-state index is 14.0. The molecule has 0 aliphatic carbocycles. The van der Waals surface area contributed by atoms with Crippen molar-refractivity contribution >= 4 is 28.7 Å². The van der Waals surface area contributed by atoms with Crippen molar-refractivity contribution in [2.45, 2.75) is 77.5 Å². The minimum Gasteiger partial charge on any atom is -0.493 e. The lowest BCUT2D eigenvalue weighted by atomic mass is 9.99. The van der Waals surface area contributed by atoms with E-state index in [1.807, 2.05) is 74.5 Å². The van der Waals surface area contributed by atoms with Crippen molar-refractivity contribution in [2.75, 3.05) is 33.9 Å². The van der Waals surface area contributed by atoms with E-state index in [1.165, 1.54) is 11.0 Å². The molecule has 0 unspecified atom stereocenters. The predicted molar refractivity (Wildman–Crippen MR) is 186 cm³/mol. The van der Waals surface area contributed by atoms with Gasteiger partial charge in [0.25, 0.3) is 0 Å². The van der Waals surface area contributed by atoms with Crippen LogP contribution in [0.2, 0.25) is 0 Å². The summed E-state index contributed by atoms with van der Waals surface area (Å²) in [6.07, 6.45) is 4.48. The van der Waals surface area contributed by atoms with Crippen molar-refractivity contribution in [3.63, 3.8) is 0 Å². The van der Waals surface area contributed by atoms with Crippen LogP contribution in [0.25, 0.3) is 10.8 Å². The van der Waals surface area contributed by atoms with E-state index < -0.39 is 23.3 Å². The third-order valence-electron chi connectivity index (χ3n) is 7.70. The van der Waals surface area contributed by atoms with Gasteiger partial charge in [-0.3, -0.25) is 9.59 Å². The lowest BCUT2D eigenvalue weighted by molar-refractivity contribution is -0.141. The first-order chi connectivity index (χ1) is 22.2. The molecule has 0 aromatic heterocycles. The van der Waals surface area contributed by atoms with Crippen LogP contribution in [0.5, 0.6) is 5.75 Å². The molecule has 9 heteroatoms. The maximum absolute atomic E-state index is 14.0. The van der Waals surface area contributed by atoms with E-state index in [0.29, 0.717) is 38.8 Å². The molecule has 0 saturated carbocycles. The number of aliphatic hydroxyl groups is 1. The van der Waals surface area contributed by atoms with Crippen LogP contribution in [0.15, 0.2) is 78.9 Å². The van der Waals surface area contributed by atoms with E-state index in [4.69, 9.17) is 14.6 Å². The molecule has 47 heavy (non-hydrogen) atoms. The molecular weight excluding hydrogens is 594 g/mol. The van der Waals surface area contributed by atoms with E-state index in [2.05, 4.69) is 11.4 Å². The number of likely N-dealkylation sites (N-methyl/N-ethyl adjacent to an activating group) is 2. The fourth-order valence-electron chi connectivity index (χ4n) is 5.09. The van der Waals surface area contributed by atoms with Gasteiger partial charge >= 0.3 is 6.09 Å². The standard InChI is InChI=1S/C38H51N3O6/c1-37(2,3)47-36(45)39-38(4,5)22-12-18-34(43)41(7)32(27-28-19-20-29-14-8-9-16-31(29)26-28)35(44)40(6)23-21-30-15-10-11-17-33(30)46-25-13-24-42/h8-12,14-20,26,32,42H,13,21-25,27H2,1-7H3,(H,39,45)/b18-12+/t32-/m1/s1. The van der Waals surface area contributed by atoms with E-state index in [1.54, 1.807) is 45.8 Å². The van der Waals surface area contributed by atoms with Crippen LogP contribution in [0.1, 0.15) is 58.6 Å². The monoisotopic (exact) mass is 645 g/mol. The van der Waals surface area contributed by atoms with Crippen LogP contribution in [0.3, 0.4) is 0 Å². The number of fused-ring (bicyclic) bond motifs is 1. The Hall–Kier alpha value is -4.37. The number of carbonyl (C=O) groups is 3. The van der Waals surface area contributed by atoms with Gasteiger partial charge in [-0.2, -0.15) is 0 Å². The predicted octanol–water partition coefficient (Wildman–Crippen LogP) is 5.92. The van der Waals surface area contributed by atoms with Crippen LogP contribution in [-0.2, 0) is 27.2 Å². The first-order valence-electron chi connectivity index (χ1n) is 16.2. The molecule has 0 radical (unpaired) electrons. The third kappa shape index (κ3) is 12.1. The number of hydrogen-bond acceptors (Lipinski definition) is 6. The molecule has 3 aromatic carbocycles. The number of aliphatic hydroxyl groups excluding tert-OH is 1. The molecule has 9 nitrogen and oxygen atoms in total. The van der Waals surface area contributed by atoms with E-state index >= 15 is 0 Å². The highest BCUT2D eigenvalue weighted by Gasteiger charge is 2.29. The highest BCUT2D eigenvalue weighted by Crippen LogP contribution is 2.21. The lowest BCUT2D eigenvalue weighted by Crippen LogP contribution is -2.49. The summed E-state index contributed by atoms with van der Waals surface area (Å²) in [5, 5.41) is 14.1. The maximum Gasteiger partial charge on any atom is 0.408 e. The molecule has 0 saturated heterocycles. The topological polar surface area (TPSA) is 108 Å². The van der Waals surface area contributed by atoms with Gasteiger partial charge in [0.2, 0.25) is 11.8 Å². The quantitative estimate of drug-likeness (QED) is 0.157. The van der Waals surface area contributed by atoms with Crippen molar-refractivity contribution < 1.29 is 29.0 Å². The van der Waals surface area contributed by atoms with Crippen LogP contribution in [0.4, 0.5) is 4.79 Å². The van der Waals surface area contributed by atoms with Gasteiger partial charge < -0.3 is 29.7 Å². The number of rotatable bonds is 15. The average molecular weight is 646 g/mol. The van der Waals surface area contributed by atoms with Gasteiger partial charge in [-0.15, -0.1) is 0 Å². The number of carbonyl (C=O) groups excluding carboxylic acids is 3. The molecule has 0 heterocycles. The van der Waals surface area contributed by atoms with Crippen molar-refractivity contribution in [3.8, 4) is 5.75 Å². The van der Waals surface area contributed by atoms with Crippen molar-refractivity contribution in [1.29, 1.82) is 0 Å². The Morgan fingerprint density at radius 1 is 0.936 bits per heavy atom. The molecular formula is C38H51N3O6. The summed E-state index contributed by atoms with van der Waals surface area (Å²) in [7, 11) is 3.41. The number of hydrogen-bond donors (Lipinski definition) is 2. The Morgan fingerprint density at radius 3 is 2.32 bits per heavy atom. The zero-order chi connectivity index (χ0) is 34.6. The van der Waals surface area contributed by atoms with Crippen LogP contribution >= 0.6 is 0 Å². The Morgan fingerprint density at radius 2 is 1.62 bits per heavy atom. The number of amides is 3. The molecule has 3 aromatic rings. The van der Waals surface area contributed by atoms with E-state index in [9.17, 15) is 14.4 Å². The molecule has 1 atom stereocenters. The smallest absolute Gasteiger partial charge is 0.408 e. The molecule has 254 valence electrons. The minimum absolute atomic E-state index is 0.0557. The summed E-state index contributed by atoms with van der Waals surface area (Å²) in [4.78, 5) is 43.0.